The number of ether oxygens (including phenoxy) is 1. The molecule has 0 saturated carbocycles. The lowest BCUT2D eigenvalue weighted by Gasteiger charge is -2.36. The molecule has 1 saturated heterocycles. The Bertz CT molecular complexity index is 765. The molecule has 0 atom stereocenters. The highest BCUT2D eigenvalue weighted by Gasteiger charge is 2.42. The first-order valence-electron chi connectivity index (χ1n) is 8.28. The maximum absolute atomic E-state index is 13.1. The number of esters is 1. The number of piperidine rings is 1. The molecule has 1 aromatic heterocycles. The predicted octanol–water partition coefficient (Wildman–Crippen LogP) is 1.70. The number of nitrogens with one attached hydrogen (secondary N) is 2. The first kappa shape index (κ1) is 17.2. The predicted molar refractivity (Wildman–Crippen MR) is 93.5 cm³/mol. The number of methoxy groups -OCH3 is 1. The second-order valence-electron chi connectivity index (χ2n) is 6.21. The largest absolute Gasteiger partial charge is 0.465 e. The van der Waals surface area contributed by atoms with Crippen LogP contribution in [0.2, 0.25) is 0 Å². The average molecular weight is 342 g/mol. The number of carbonyl (C=O) groups excluding carboxylic acids is 2. The molecule has 2 N–H and O–H groups in total. The minimum atomic E-state index is -0.731. The van der Waals surface area contributed by atoms with Gasteiger partial charge in [0.25, 0.3) is 5.91 Å². The summed E-state index contributed by atoms with van der Waals surface area (Å²) in [4.78, 5) is 25.0. The van der Waals surface area contributed by atoms with E-state index in [1.54, 1.807) is 29.1 Å². The Morgan fingerprint density at radius 1 is 1.32 bits per heavy atom. The van der Waals surface area contributed by atoms with Gasteiger partial charge < -0.3 is 15.4 Å². The summed E-state index contributed by atoms with van der Waals surface area (Å²) in [6.07, 6.45) is 4.80. The lowest BCUT2D eigenvalue weighted by molar-refractivity contribution is -0.126. The van der Waals surface area contributed by atoms with Crippen LogP contribution in [0.25, 0.3) is 0 Å². The van der Waals surface area contributed by atoms with E-state index in [0.29, 0.717) is 24.1 Å². The second-order valence-corrected chi connectivity index (χ2v) is 6.21. The van der Waals surface area contributed by atoms with Gasteiger partial charge in [-0.1, -0.05) is 6.07 Å². The van der Waals surface area contributed by atoms with Crippen molar-refractivity contribution in [3.05, 3.63) is 47.8 Å². The van der Waals surface area contributed by atoms with Crippen molar-refractivity contribution in [2.75, 3.05) is 25.5 Å². The van der Waals surface area contributed by atoms with Gasteiger partial charge in [-0.2, -0.15) is 5.10 Å². The Hall–Kier alpha value is -2.67. The van der Waals surface area contributed by atoms with E-state index in [1.807, 2.05) is 19.2 Å². The summed E-state index contributed by atoms with van der Waals surface area (Å²) in [5.41, 5.74) is 1.08. The maximum atomic E-state index is 13.1. The molecule has 2 aromatic rings. The van der Waals surface area contributed by atoms with E-state index in [0.717, 1.165) is 18.7 Å². The molecule has 132 valence electrons. The molecule has 1 amide bonds. The van der Waals surface area contributed by atoms with E-state index in [4.69, 9.17) is 4.74 Å². The molecule has 0 unspecified atom stereocenters. The second kappa shape index (κ2) is 7.06. The van der Waals surface area contributed by atoms with Crippen LogP contribution in [0.1, 0.15) is 28.8 Å². The van der Waals surface area contributed by atoms with E-state index < -0.39 is 11.5 Å². The number of hydrogen-bond donors (Lipinski definition) is 2. The Morgan fingerprint density at radius 3 is 2.72 bits per heavy atom. The number of aromatic nitrogens is 2. The van der Waals surface area contributed by atoms with Crippen molar-refractivity contribution in [2.45, 2.75) is 25.3 Å². The third-order valence-corrected chi connectivity index (χ3v) is 4.70. The summed E-state index contributed by atoms with van der Waals surface area (Å²) in [6.45, 7) is 3.32. The van der Waals surface area contributed by atoms with Gasteiger partial charge in [0.15, 0.2) is 0 Å². The van der Waals surface area contributed by atoms with Crippen molar-refractivity contribution < 1.29 is 14.3 Å². The molecule has 1 aromatic carbocycles. The minimum Gasteiger partial charge on any atom is -0.465 e. The molecule has 1 aliphatic heterocycles. The Labute approximate surface area is 146 Å². The van der Waals surface area contributed by atoms with Gasteiger partial charge in [-0.25, -0.2) is 4.79 Å². The van der Waals surface area contributed by atoms with Gasteiger partial charge in [0.2, 0.25) is 0 Å². The molecule has 0 spiro atoms. The number of benzene rings is 1. The minimum absolute atomic E-state index is 0.127. The van der Waals surface area contributed by atoms with Gasteiger partial charge in [0.05, 0.1) is 12.7 Å². The highest BCUT2D eigenvalue weighted by molar-refractivity contribution is 5.98. The van der Waals surface area contributed by atoms with E-state index in [2.05, 4.69) is 15.7 Å². The van der Waals surface area contributed by atoms with Gasteiger partial charge in [0.1, 0.15) is 5.54 Å². The van der Waals surface area contributed by atoms with Crippen LogP contribution in [0.15, 0.2) is 36.7 Å². The van der Waals surface area contributed by atoms with Gasteiger partial charge in [0, 0.05) is 18.1 Å². The summed E-state index contributed by atoms with van der Waals surface area (Å²) in [5.74, 6) is -0.547. The standard InChI is InChI=1S/C18H22N4O3/c1-13-4-5-14(12-15(13)16(23)25-2)21-17(24)18(6-9-19-10-7-18)22-11-3-8-20-22/h3-5,8,11-12,19H,6-7,9-10H2,1-2H3,(H,21,24). The summed E-state index contributed by atoms with van der Waals surface area (Å²) < 4.78 is 6.53. The summed E-state index contributed by atoms with van der Waals surface area (Å²) in [5, 5.41) is 10.5. The van der Waals surface area contributed by atoms with Crippen LogP contribution in [0.5, 0.6) is 0 Å². The number of carbonyl (C=O) groups is 2. The van der Waals surface area contributed by atoms with Crippen LogP contribution in [-0.4, -0.2) is 41.9 Å². The zero-order valence-electron chi connectivity index (χ0n) is 14.4. The van der Waals surface area contributed by atoms with Gasteiger partial charge in [-0.05, 0) is 56.6 Å². The highest BCUT2D eigenvalue weighted by Crippen LogP contribution is 2.29. The van der Waals surface area contributed by atoms with E-state index in [9.17, 15) is 9.59 Å². The van der Waals surface area contributed by atoms with Crippen LogP contribution in [0.3, 0.4) is 0 Å². The normalized spacial score (nSPS) is 16.2. The molecule has 1 fully saturated rings. The molecule has 3 rings (SSSR count). The molecular formula is C18H22N4O3. The topological polar surface area (TPSA) is 85.2 Å². The van der Waals surface area contributed by atoms with Crippen molar-refractivity contribution in [1.29, 1.82) is 0 Å². The fourth-order valence-corrected chi connectivity index (χ4v) is 3.20. The molecule has 25 heavy (non-hydrogen) atoms. The van der Waals surface area contributed by atoms with E-state index in [1.165, 1.54) is 7.11 Å². The summed E-state index contributed by atoms with van der Waals surface area (Å²) >= 11 is 0. The van der Waals surface area contributed by atoms with Crippen LogP contribution in [0.4, 0.5) is 5.69 Å². The lowest BCUT2D eigenvalue weighted by atomic mass is 9.87. The molecule has 0 aliphatic carbocycles. The molecule has 0 radical (unpaired) electrons. The highest BCUT2D eigenvalue weighted by atomic mass is 16.5. The van der Waals surface area contributed by atoms with Crippen molar-refractivity contribution in [3.8, 4) is 0 Å². The third kappa shape index (κ3) is 3.28. The Morgan fingerprint density at radius 2 is 2.08 bits per heavy atom. The van der Waals surface area contributed by atoms with Crippen LogP contribution in [-0.2, 0) is 15.1 Å². The summed E-state index contributed by atoms with van der Waals surface area (Å²) in [6, 6.07) is 7.05. The smallest absolute Gasteiger partial charge is 0.338 e. The zero-order valence-corrected chi connectivity index (χ0v) is 14.4. The van der Waals surface area contributed by atoms with Gasteiger partial charge in [-0.15, -0.1) is 0 Å². The number of amides is 1. The molecular weight excluding hydrogens is 320 g/mol. The first-order chi connectivity index (χ1) is 12.1. The SMILES string of the molecule is COC(=O)c1cc(NC(=O)C2(n3cccn3)CCNCC2)ccc1C. The fourth-order valence-electron chi connectivity index (χ4n) is 3.20. The van der Waals surface area contributed by atoms with Crippen molar-refractivity contribution in [2.24, 2.45) is 0 Å². The van der Waals surface area contributed by atoms with Gasteiger partial charge >= 0.3 is 5.97 Å². The number of hydrogen-bond acceptors (Lipinski definition) is 5. The Balaban J connectivity index is 1.89. The molecule has 2 heterocycles. The first-order valence-corrected chi connectivity index (χ1v) is 8.28. The quantitative estimate of drug-likeness (QED) is 0.826. The van der Waals surface area contributed by atoms with E-state index >= 15 is 0 Å². The fraction of sp³-hybridized carbons (Fsp3) is 0.389. The molecule has 7 heteroatoms. The average Bonchev–Trinajstić information content (AvgIpc) is 3.18. The third-order valence-electron chi connectivity index (χ3n) is 4.70. The number of nitrogens with zero attached hydrogens (tertiary/aromatic N) is 2. The lowest BCUT2D eigenvalue weighted by Crippen LogP contribution is -2.52. The molecule has 0 bridgehead atoms. The zero-order chi connectivity index (χ0) is 17.9. The van der Waals surface area contributed by atoms with Crippen molar-refractivity contribution in [1.82, 2.24) is 15.1 Å². The van der Waals surface area contributed by atoms with Gasteiger partial charge in [-0.3, -0.25) is 9.48 Å². The molecule has 1 aliphatic rings. The van der Waals surface area contributed by atoms with Crippen LogP contribution >= 0.6 is 0 Å². The number of rotatable bonds is 4. The van der Waals surface area contributed by atoms with Crippen LogP contribution < -0.4 is 10.6 Å². The maximum Gasteiger partial charge on any atom is 0.338 e. The monoisotopic (exact) mass is 342 g/mol. The molecule has 7 nitrogen and oxygen atoms in total. The van der Waals surface area contributed by atoms with E-state index in [-0.39, 0.29) is 5.91 Å². The van der Waals surface area contributed by atoms with Crippen LogP contribution in [0, 0.1) is 6.92 Å². The van der Waals surface area contributed by atoms with Crippen molar-refractivity contribution in [3.63, 3.8) is 0 Å². The number of aryl methyl sites for hydroxylation is 1. The summed E-state index contributed by atoms with van der Waals surface area (Å²) in [7, 11) is 1.34. The van der Waals surface area contributed by atoms with Crippen molar-refractivity contribution >= 4 is 17.6 Å². The Kier molecular flexibility index (Phi) is 4.85. The number of anilines is 1.